The largest absolute Gasteiger partial charge is 0.370 e. The second kappa shape index (κ2) is 10.4. The Morgan fingerprint density at radius 1 is 0.821 bits per heavy atom. The number of nitrogens with one attached hydrogen (secondary N) is 2. The summed E-state index contributed by atoms with van der Waals surface area (Å²) in [4.78, 5) is 11.6. The third kappa shape index (κ3) is 6.35. The van der Waals surface area contributed by atoms with E-state index in [0.29, 0.717) is 5.95 Å². The summed E-state index contributed by atoms with van der Waals surface area (Å²) in [7, 11) is 4.17. The summed E-state index contributed by atoms with van der Waals surface area (Å²) in [6.45, 7) is 2.71. The van der Waals surface area contributed by atoms with Crippen LogP contribution >= 0.6 is 0 Å². The Morgan fingerprint density at radius 2 is 1.54 bits per heavy atom. The van der Waals surface area contributed by atoms with Crippen LogP contribution in [0.15, 0.2) is 66.7 Å². The maximum Gasteiger partial charge on any atom is 0.225 e. The van der Waals surface area contributed by atoms with Gasteiger partial charge >= 0.3 is 0 Å². The maximum atomic E-state index is 4.71. The molecule has 0 amide bonds. The van der Waals surface area contributed by atoms with E-state index in [1.54, 1.807) is 0 Å². The van der Waals surface area contributed by atoms with Gasteiger partial charge in [-0.3, -0.25) is 0 Å². The van der Waals surface area contributed by atoms with Gasteiger partial charge in [0, 0.05) is 24.7 Å². The highest BCUT2D eigenvalue weighted by molar-refractivity contribution is 5.64. The molecule has 0 unspecified atom stereocenters. The van der Waals surface area contributed by atoms with Crippen LogP contribution in [-0.2, 0) is 6.42 Å². The molecule has 0 fully saturated rings. The average Bonchev–Trinajstić information content (AvgIpc) is 2.72. The van der Waals surface area contributed by atoms with Crippen molar-refractivity contribution in [1.29, 1.82) is 0 Å². The number of benzene rings is 2. The molecule has 1 aromatic heterocycles. The minimum absolute atomic E-state index is 0.669. The Balaban J connectivity index is 1.69. The Labute approximate surface area is 167 Å². The van der Waals surface area contributed by atoms with Crippen molar-refractivity contribution in [3.8, 4) is 11.3 Å². The van der Waals surface area contributed by atoms with Gasteiger partial charge in [-0.05, 0) is 39.0 Å². The molecule has 5 heteroatoms. The van der Waals surface area contributed by atoms with E-state index >= 15 is 0 Å². The minimum Gasteiger partial charge on any atom is -0.370 e. The van der Waals surface area contributed by atoms with Crippen LogP contribution in [0.4, 0.5) is 11.8 Å². The van der Waals surface area contributed by atoms with Gasteiger partial charge in [0.2, 0.25) is 5.95 Å². The van der Waals surface area contributed by atoms with E-state index in [1.807, 2.05) is 30.3 Å². The van der Waals surface area contributed by atoms with Gasteiger partial charge in [0.05, 0.1) is 5.69 Å². The molecule has 1 heterocycles. The fraction of sp³-hybridized carbons (Fsp3) is 0.304. The SMILES string of the molecule is CN(C)CCCNc1nc(NCCc2ccccc2)cc(-c2ccccc2)n1. The zero-order valence-electron chi connectivity index (χ0n) is 16.7. The first-order valence-corrected chi connectivity index (χ1v) is 9.81. The summed E-state index contributed by atoms with van der Waals surface area (Å²) < 4.78 is 0. The molecule has 0 atom stereocenters. The highest BCUT2D eigenvalue weighted by atomic mass is 15.1. The lowest BCUT2D eigenvalue weighted by atomic mass is 10.1. The highest BCUT2D eigenvalue weighted by Crippen LogP contribution is 2.21. The Morgan fingerprint density at radius 3 is 2.25 bits per heavy atom. The molecule has 0 aliphatic rings. The van der Waals surface area contributed by atoms with Gasteiger partial charge in [0.25, 0.3) is 0 Å². The number of hydrogen-bond acceptors (Lipinski definition) is 5. The second-order valence-electron chi connectivity index (χ2n) is 7.07. The lowest BCUT2D eigenvalue weighted by molar-refractivity contribution is 0.405. The van der Waals surface area contributed by atoms with Crippen molar-refractivity contribution in [3.63, 3.8) is 0 Å². The average molecular weight is 376 g/mol. The normalized spacial score (nSPS) is 10.8. The van der Waals surface area contributed by atoms with Gasteiger partial charge in [-0.1, -0.05) is 60.7 Å². The number of hydrogen-bond donors (Lipinski definition) is 2. The monoisotopic (exact) mass is 375 g/mol. The smallest absolute Gasteiger partial charge is 0.225 e. The van der Waals surface area contributed by atoms with Gasteiger partial charge < -0.3 is 15.5 Å². The number of nitrogens with zero attached hydrogens (tertiary/aromatic N) is 3. The molecule has 0 aliphatic heterocycles. The highest BCUT2D eigenvalue weighted by Gasteiger charge is 2.07. The predicted molar refractivity (Wildman–Crippen MR) is 118 cm³/mol. The topological polar surface area (TPSA) is 53.1 Å². The third-order valence-electron chi connectivity index (χ3n) is 4.42. The van der Waals surface area contributed by atoms with E-state index in [0.717, 1.165) is 49.6 Å². The van der Waals surface area contributed by atoms with Crippen LogP contribution in [0.5, 0.6) is 0 Å². The summed E-state index contributed by atoms with van der Waals surface area (Å²) in [5, 5.41) is 6.82. The molecule has 2 N–H and O–H groups in total. The molecule has 0 radical (unpaired) electrons. The van der Waals surface area contributed by atoms with Gasteiger partial charge in [-0.15, -0.1) is 0 Å². The van der Waals surface area contributed by atoms with Crippen LogP contribution in [0.2, 0.25) is 0 Å². The first-order valence-electron chi connectivity index (χ1n) is 9.81. The molecule has 0 bridgehead atoms. The van der Waals surface area contributed by atoms with Crippen molar-refractivity contribution in [2.75, 3.05) is 44.4 Å². The Kier molecular flexibility index (Phi) is 7.38. The maximum absolute atomic E-state index is 4.71. The number of anilines is 2. The quantitative estimate of drug-likeness (QED) is 0.521. The summed E-state index contributed by atoms with van der Waals surface area (Å²) in [5.41, 5.74) is 3.33. The van der Waals surface area contributed by atoms with E-state index in [2.05, 4.69) is 71.0 Å². The molecule has 0 spiro atoms. The summed E-state index contributed by atoms with van der Waals surface area (Å²) in [6, 6.07) is 22.7. The lowest BCUT2D eigenvalue weighted by Gasteiger charge is -2.13. The van der Waals surface area contributed by atoms with Gasteiger partial charge in [-0.2, -0.15) is 4.98 Å². The van der Waals surface area contributed by atoms with Crippen molar-refractivity contribution in [2.45, 2.75) is 12.8 Å². The van der Waals surface area contributed by atoms with E-state index < -0.39 is 0 Å². The van der Waals surface area contributed by atoms with Crippen molar-refractivity contribution in [2.24, 2.45) is 0 Å². The lowest BCUT2D eigenvalue weighted by Crippen LogP contribution is -2.17. The van der Waals surface area contributed by atoms with Crippen LogP contribution < -0.4 is 10.6 Å². The molecule has 146 valence electrons. The van der Waals surface area contributed by atoms with Crippen LogP contribution in [0.1, 0.15) is 12.0 Å². The minimum atomic E-state index is 0.669. The van der Waals surface area contributed by atoms with Crippen LogP contribution in [0, 0.1) is 0 Å². The molecular weight excluding hydrogens is 346 g/mol. The van der Waals surface area contributed by atoms with Gasteiger partial charge in [0.15, 0.2) is 0 Å². The van der Waals surface area contributed by atoms with Crippen molar-refractivity contribution >= 4 is 11.8 Å². The molecular formula is C23H29N5. The van der Waals surface area contributed by atoms with Crippen molar-refractivity contribution in [1.82, 2.24) is 14.9 Å². The molecule has 3 rings (SSSR count). The number of aromatic nitrogens is 2. The van der Waals surface area contributed by atoms with E-state index in [4.69, 9.17) is 4.98 Å². The zero-order valence-corrected chi connectivity index (χ0v) is 16.7. The molecule has 0 saturated heterocycles. The summed E-state index contributed by atoms with van der Waals surface area (Å²) in [5.74, 6) is 1.52. The summed E-state index contributed by atoms with van der Waals surface area (Å²) in [6.07, 6.45) is 2.00. The van der Waals surface area contributed by atoms with Crippen molar-refractivity contribution in [3.05, 3.63) is 72.3 Å². The first-order chi connectivity index (χ1) is 13.7. The predicted octanol–water partition coefficient (Wildman–Crippen LogP) is 4.16. The van der Waals surface area contributed by atoms with Crippen molar-refractivity contribution < 1.29 is 0 Å². The standard InChI is InChI=1S/C23H29N5/c1-28(2)17-9-15-25-23-26-21(20-12-7-4-8-13-20)18-22(27-23)24-16-14-19-10-5-3-6-11-19/h3-8,10-13,18H,9,14-17H2,1-2H3,(H2,24,25,26,27). The van der Waals surface area contributed by atoms with Gasteiger partial charge in [-0.25, -0.2) is 4.98 Å². The Bertz CT molecular complexity index is 834. The fourth-order valence-electron chi connectivity index (χ4n) is 2.95. The van der Waals surface area contributed by atoms with Crippen LogP contribution in [0.25, 0.3) is 11.3 Å². The van der Waals surface area contributed by atoms with E-state index in [1.165, 1.54) is 5.56 Å². The van der Waals surface area contributed by atoms with E-state index in [9.17, 15) is 0 Å². The Hall–Kier alpha value is -2.92. The molecule has 0 saturated carbocycles. The second-order valence-corrected chi connectivity index (χ2v) is 7.07. The third-order valence-corrected chi connectivity index (χ3v) is 4.42. The van der Waals surface area contributed by atoms with Gasteiger partial charge in [0.1, 0.15) is 5.82 Å². The van der Waals surface area contributed by atoms with E-state index in [-0.39, 0.29) is 0 Å². The summed E-state index contributed by atoms with van der Waals surface area (Å²) >= 11 is 0. The molecule has 2 aromatic carbocycles. The molecule has 0 aliphatic carbocycles. The number of rotatable bonds is 10. The fourth-order valence-corrected chi connectivity index (χ4v) is 2.95. The van der Waals surface area contributed by atoms with Crippen LogP contribution in [-0.4, -0.2) is 48.6 Å². The first kappa shape index (κ1) is 19.8. The zero-order chi connectivity index (χ0) is 19.6. The van der Waals surface area contributed by atoms with Crippen LogP contribution in [0.3, 0.4) is 0 Å². The molecule has 3 aromatic rings. The molecule has 28 heavy (non-hydrogen) atoms. The molecule has 5 nitrogen and oxygen atoms in total.